The van der Waals surface area contributed by atoms with Gasteiger partial charge in [0.25, 0.3) is 0 Å². The number of nitrogens with one attached hydrogen (secondary N) is 1. The second-order valence-corrected chi connectivity index (χ2v) is 4.06. The van der Waals surface area contributed by atoms with Crippen LogP contribution in [0, 0.1) is 0 Å². The molecule has 1 aliphatic heterocycles. The van der Waals surface area contributed by atoms with Crippen LogP contribution in [0.25, 0.3) is 0 Å². The van der Waals surface area contributed by atoms with Gasteiger partial charge in [0.1, 0.15) is 0 Å². The Morgan fingerprint density at radius 1 is 1.23 bits per heavy atom. The Morgan fingerprint density at radius 3 is 2.15 bits per heavy atom. The fraction of sp³-hybridized carbons (Fsp3) is 0.889. The van der Waals surface area contributed by atoms with Crippen LogP contribution in [0.15, 0.2) is 0 Å². The SMILES string of the molecule is CNC(=S)N1CCN(C(C)C)CC1. The Bertz CT molecular complexity index is 174. The van der Waals surface area contributed by atoms with Crippen LogP contribution in [0.4, 0.5) is 0 Å². The van der Waals surface area contributed by atoms with Crippen molar-refractivity contribution in [3.8, 4) is 0 Å². The van der Waals surface area contributed by atoms with Crippen molar-refractivity contribution < 1.29 is 0 Å². The van der Waals surface area contributed by atoms with Gasteiger partial charge in [-0.25, -0.2) is 0 Å². The zero-order valence-electron chi connectivity index (χ0n) is 8.71. The maximum Gasteiger partial charge on any atom is 0.168 e. The van der Waals surface area contributed by atoms with Crippen LogP contribution in [-0.4, -0.2) is 54.2 Å². The van der Waals surface area contributed by atoms with Crippen molar-refractivity contribution in [2.45, 2.75) is 19.9 Å². The highest BCUT2D eigenvalue weighted by Gasteiger charge is 2.19. The molecule has 4 heteroatoms. The molecule has 1 N–H and O–H groups in total. The first-order chi connectivity index (χ1) is 6.15. The number of piperazine rings is 1. The molecule has 76 valence electrons. The van der Waals surface area contributed by atoms with E-state index >= 15 is 0 Å². The summed E-state index contributed by atoms with van der Waals surface area (Å²) in [6, 6.07) is 0.658. The minimum Gasteiger partial charge on any atom is -0.366 e. The van der Waals surface area contributed by atoms with Gasteiger partial charge in [0.2, 0.25) is 0 Å². The first kappa shape index (κ1) is 10.7. The average molecular weight is 201 g/mol. The van der Waals surface area contributed by atoms with Crippen LogP contribution >= 0.6 is 12.2 Å². The van der Waals surface area contributed by atoms with Crippen LogP contribution in [0.2, 0.25) is 0 Å². The molecule has 0 aromatic carbocycles. The summed E-state index contributed by atoms with van der Waals surface area (Å²) in [5, 5.41) is 3.90. The summed E-state index contributed by atoms with van der Waals surface area (Å²) in [6.07, 6.45) is 0. The number of thiocarbonyl (C=S) groups is 1. The molecule has 1 aliphatic rings. The monoisotopic (exact) mass is 201 g/mol. The van der Waals surface area contributed by atoms with E-state index in [1.165, 1.54) is 0 Å². The van der Waals surface area contributed by atoms with Crippen molar-refractivity contribution in [1.82, 2.24) is 15.1 Å². The third kappa shape index (κ3) is 2.81. The van der Waals surface area contributed by atoms with E-state index in [0.717, 1.165) is 31.3 Å². The van der Waals surface area contributed by atoms with Crippen molar-refractivity contribution in [3.05, 3.63) is 0 Å². The summed E-state index contributed by atoms with van der Waals surface area (Å²) in [5.41, 5.74) is 0. The van der Waals surface area contributed by atoms with Gasteiger partial charge in [-0.1, -0.05) is 0 Å². The molecule has 0 aliphatic carbocycles. The lowest BCUT2D eigenvalue weighted by atomic mass is 10.2. The van der Waals surface area contributed by atoms with Crippen molar-refractivity contribution in [3.63, 3.8) is 0 Å². The van der Waals surface area contributed by atoms with Gasteiger partial charge in [-0.2, -0.15) is 0 Å². The second kappa shape index (κ2) is 4.77. The molecule has 0 atom stereocenters. The Balaban J connectivity index is 2.34. The van der Waals surface area contributed by atoms with E-state index in [-0.39, 0.29) is 0 Å². The summed E-state index contributed by atoms with van der Waals surface area (Å²) < 4.78 is 0. The number of rotatable bonds is 1. The van der Waals surface area contributed by atoms with Gasteiger partial charge >= 0.3 is 0 Å². The summed E-state index contributed by atoms with van der Waals surface area (Å²) in [5.74, 6) is 0. The first-order valence-corrected chi connectivity index (χ1v) is 5.26. The third-order valence-corrected chi connectivity index (χ3v) is 3.01. The van der Waals surface area contributed by atoms with E-state index in [4.69, 9.17) is 12.2 Å². The van der Waals surface area contributed by atoms with Gasteiger partial charge in [0.15, 0.2) is 5.11 Å². The molecule has 0 radical (unpaired) electrons. The highest BCUT2D eigenvalue weighted by Crippen LogP contribution is 2.05. The van der Waals surface area contributed by atoms with Crippen molar-refractivity contribution in [2.75, 3.05) is 33.2 Å². The molecular formula is C9H19N3S. The van der Waals surface area contributed by atoms with E-state index < -0.39 is 0 Å². The summed E-state index contributed by atoms with van der Waals surface area (Å²) in [7, 11) is 1.89. The van der Waals surface area contributed by atoms with Gasteiger partial charge in [0.05, 0.1) is 0 Å². The predicted octanol–water partition coefficient (Wildman–Crippen LogP) is 0.517. The molecular weight excluding hydrogens is 182 g/mol. The largest absolute Gasteiger partial charge is 0.366 e. The quantitative estimate of drug-likeness (QED) is 0.623. The average Bonchev–Trinajstić information content (AvgIpc) is 2.17. The van der Waals surface area contributed by atoms with Crippen LogP contribution in [0.1, 0.15) is 13.8 Å². The lowest BCUT2D eigenvalue weighted by molar-refractivity contribution is 0.148. The van der Waals surface area contributed by atoms with Gasteiger partial charge < -0.3 is 10.2 Å². The van der Waals surface area contributed by atoms with Gasteiger partial charge in [-0.3, -0.25) is 4.90 Å². The minimum atomic E-state index is 0.658. The zero-order chi connectivity index (χ0) is 9.84. The Hall–Kier alpha value is -0.350. The van der Waals surface area contributed by atoms with Crippen molar-refractivity contribution in [1.29, 1.82) is 0 Å². The van der Waals surface area contributed by atoms with E-state index in [1.54, 1.807) is 0 Å². The standard InChI is InChI=1S/C9H19N3S/c1-8(2)11-4-6-12(7-5-11)9(13)10-3/h8H,4-7H2,1-3H3,(H,10,13). The lowest BCUT2D eigenvalue weighted by Crippen LogP contribution is -2.52. The zero-order valence-corrected chi connectivity index (χ0v) is 9.52. The minimum absolute atomic E-state index is 0.658. The highest BCUT2D eigenvalue weighted by molar-refractivity contribution is 7.80. The fourth-order valence-corrected chi connectivity index (χ4v) is 1.78. The molecule has 0 spiro atoms. The molecule has 1 heterocycles. The second-order valence-electron chi connectivity index (χ2n) is 3.67. The van der Waals surface area contributed by atoms with Crippen molar-refractivity contribution >= 4 is 17.3 Å². The summed E-state index contributed by atoms with van der Waals surface area (Å²) in [6.45, 7) is 8.84. The summed E-state index contributed by atoms with van der Waals surface area (Å²) in [4.78, 5) is 4.71. The molecule has 0 saturated carbocycles. The van der Waals surface area contributed by atoms with Gasteiger partial charge in [-0.15, -0.1) is 0 Å². The van der Waals surface area contributed by atoms with Gasteiger partial charge in [-0.05, 0) is 26.1 Å². The molecule has 0 aromatic rings. The molecule has 0 bridgehead atoms. The molecule has 0 unspecified atom stereocenters. The molecule has 1 rings (SSSR count). The highest BCUT2D eigenvalue weighted by atomic mass is 32.1. The van der Waals surface area contributed by atoms with Crippen LogP contribution in [-0.2, 0) is 0 Å². The molecule has 3 nitrogen and oxygen atoms in total. The fourth-order valence-electron chi connectivity index (χ4n) is 1.60. The Kier molecular flexibility index (Phi) is 3.93. The number of hydrogen-bond acceptors (Lipinski definition) is 2. The molecule has 1 fully saturated rings. The van der Waals surface area contributed by atoms with E-state index in [0.29, 0.717) is 6.04 Å². The van der Waals surface area contributed by atoms with E-state index in [9.17, 15) is 0 Å². The molecule has 1 saturated heterocycles. The van der Waals surface area contributed by atoms with Crippen LogP contribution in [0.3, 0.4) is 0 Å². The third-order valence-electron chi connectivity index (χ3n) is 2.55. The molecule has 0 amide bonds. The number of nitrogens with zero attached hydrogens (tertiary/aromatic N) is 2. The first-order valence-electron chi connectivity index (χ1n) is 4.86. The summed E-state index contributed by atoms with van der Waals surface area (Å²) >= 11 is 5.18. The Morgan fingerprint density at radius 2 is 1.77 bits per heavy atom. The maximum atomic E-state index is 5.18. The number of hydrogen-bond donors (Lipinski definition) is 1. The van der Waals surface area contributed by atoms with Gasteiger partial charge in [0, 0.05) is 39.3 Å². The Labute approximate surface area is 86.1 Å². The molecule has 0 aromatic heterocycles. The molecule has 13 heavy (non-hydrogen) atoms. The smallest absolute Gasteiger partial charge is 0.168 e. The van der Waals surface area contributed by atoms with E-state index in [1.807, 2.05) is 7.05 Å². The topological polar surface area (TPSA) is 18.5 Å². The normalized spacial score (nSPS) is 19.2. The van der Waals surface area contributed by atoms with Crippen LogP contribution < -0.4 is 5.32 Å². The van der Waals surface area contributed by atoms with Crippen molar-refractivity contribution in [2.24, 2.45) is 0 Å². The van der Waals surface area contributed by atoms with Crippen LogP contribution in [0.5, 0.6) is 0 Å². The lowest BCUT2D eigenvalue weighted by Gasteiger charge is -2.37. The maximum absolute atomic E-state index is 5.18. The van der Waals surface area contributed by atoms with E-state index in [2.05, 4.69) is 29.0 Å². The predicted molar refractivity (Wildman–Crippen MR) is 59.9 cm³/mol.